The van der Waals surface area contributed by atoms with Crippen LogP contribution in [0.15, 0.2) is 0 Å². The van der Waals surface area contributed by atoms with E-state index in [-0.39, 0.29) is 29.6 Å². The molecule has 0 aromatic carbocycles. The molecule has 2 rings (SSSR count). The minimum Gasteiger partial charge on any atom is -0.266 e. The number of nitrogens with zero attached hydrogens (tertiary/aromatic N) is 2. The Balaban J connectivity index is 2.65. The molecule has 0 radical (unpaired) electrons. The summed E-state index contributed by atoms with van der Waals surface area (Å²) in [6.07, 6.45) is -7.37. The maximum Gasteiger partial charge on any atom is 0.460 e. The summed E-state index contributed by atoms with van der Waals surface area (Å²) in [6, 6.07) is 0. The SMILES string of the molecule is Cn1nc2c(c1C(F)(F)C(F)(F)C(F)(F)C(F)(F)C(F)(F)C(F)(F)F)CCCC2. The van der Waals surface area contributed by atoms with Gasteiger partial charge in [-0.05, 0) is 25.7 Å². The highest BCUT2D eigenvalue weighted by molar-refractivity contribution is 5.34. The summed E-state index contributed by atoms with van der Waals surface area (Å²) in [4.78, 5) is 0. The third-order valence-corrected chi connectivity index (χ3v) is 4.55. The van der Waals surface area contributed by atoms with Gasteiger partial charge in [-0.1, -0.05) is 0 Å². The molecule has 29 heavy (non-hydrogen) atoms. The van der Waals surface area contributed by atoms with Crippen molar-refractivity contribution in [2.24, 2.45) is 7.05 Å². The van der Waals surface area contributed by atoms with Crippen LogP contribution in [0.4, 0.5) is 57.1 Å². The van der Waals surface area contributed by atoms with Crippen LogP contribution in [0.1, 0.15) is 29.8 Å². The molecule has 0 aliphatic heterocycles. The van der Waals surface area contributed by atoms with Crippen LogP contribution < -0.4 is 0 Å². The molecule has 0 fully saturated rings. The quantitative estimate of drug-likeness (QED) is 0.538. The first-order valence-corrected chi connectivity index (χ1v) is 7.76. The highest BCUT2D eigenvalue weighted by atomic mass is 19.4. The molecule has 1 aromatic heterocycles. The summed E-state index contributed by atoms with van der Waals surface area (Å²) < 4.78 is 173. The van der Waals surface area contributed by atoms with Gasteiger partial charge in [-0.15, -0.1) is 0 Å². The van der Waals surface area contributed by atoms with Gasteiger partial charge < -0.3 is 0 Å². The minimum absolute atomic E-state index is 0.0000204. The third kappa shape index (κ3) is 2.97. The molecular formula is C14H11F13N2. The number of hydrogen-bond donors (Lipinski definition) is 0. The van der Waals surface area contributed by atoms with E-state index in [1.807, 2.05) is 0 Å². The molecule has 0 bridgehead atoms. The van der Waals surface area contributed by atoms with Crippen molar-refractivity contribution in [2.45, 2.75) is 61.5 Å². The van der Waals surface area contributed by atoms with Crippen molar-refractivity contribution >= 4 is 0 Å². The van der Waals surface area contributed by atoms with Gasteiger partial charge in [-0.3, -0.25) is 4.68 Å². The Morgan fingerprint density at radius 2 is 1.10 bits per heavy atom. The van der Waals surface area contributed by atoms with Crippen LogP contribution in [-0.4, -0.2) is 39.6 Å². The Bertz CT molecular complexity index is 775. The lowest BCUT2D eigenvalue weighted by molar-refractivity contribution is -0.442. The maximum absolute atomic E-state index is 14.4. The van der Waals surface area contributed by atoms with Crippen LogP contribution in [-0.2, 0) is 25.8 Å². The van der Waals surface area contributed by atoms with Crippen LogP contribution >= 0.6 is 0 Å². The average molecular weight is 454 g/mol. The normalized spacial score (nSPS) is 17.4. The summed E-state index contributed by atoms with van der Waals surface area (Å²) in [5, 5.41) is 3.41. The van der Waals surface area contributed by atoms with Crippen LogP contribution in [0.2, 0.25) is 0 Å². The molecule has 0 saturated carbocycles. The van der Waals surface area contributed by atoms with E-state index in [1.54, 1.807) is 0 Å². The number of hydrogen-bond acceptors (Lipinski definition) is 1. The van der Waals surface area contributed by atoms with Crippen molar-refractivity contribution < 1.29 is 57.1 Å². The Morgan fingerprint density at radius 3 is 1.59 bits per heavy atom. The fourth-order valence-corrected chi connectivity index (χ4v) is 2.99. The number of alkyl halides is 13. The lowest BCUT2D eigenvalue weighted by Crippen LogP contribution is -2.69. The number of aromatic nitrogens is 2. The molecule has 1 aliphatic rings. The molecule has 1 aliphatic carbocycles. The monoisotopic (exact) mass is 454 g/mol. The second-order valence-corrected chi connectivity index (χ2v) is 6.47. The number of fused-ring (bicyclic) bond motifs is 1. The van der Waals surface area contributed by atoms with Crippen molar-refractivity contribution in [3.05, 3.63) is 17.0 Å². The van der Waals surface area contributed by atoms with Crippen molar-refractivity contribution in [3.8, 4) is 0 Å². The van der Waals surface area contributed by atoms with E-state index in [0.29, 0.717) is 13.5 Å². The molecule has 168 valence electrons. The smallest absolute Gasteiger partial charge is 0.266 e. The lowest BCUT2D eigenvalue weighted by atomic mass is 9.88. The number of halogens is 13. The maximum atomic E-state index is 14.4. The first-order chi connectivity index (χ1) is 12.7. The van der Waals surface area contributed by atoms with Gasteiger partial charge in [-0.2, -0.15) is 62.2 Å². The summed E-state index contributed by atoms with van der Waals surface area (Å²) >= 11 is 0. The molecule has 0 amide bonds. The molecular weight excluding hydrogens is 443 g/mol. The zero-order valence-electron chi connectivity index (χ0n) is 14.1. The van der Waals surface area contributed by atoms with E-state index in [2.05, 4.69) is 5.10 Å². The number of rotatable bonds is 5. The molecule has 0 unspecified atom stereocenters. The van der Waals surface area contributed by atoms with E-state index in [1.165, 1.54) is 0 Å². The Labute approximate surface area is 153 Å². The standard InChI is InChI=1S/C14H11F13N2/c1-29-8(6-4-2-3-5-7(6)28-29)9(15,16)10(17,18)11(19,20)12(21,22)13(23,24)14(25,26)27/h2-5H2,1H3. The van der Waals surface area contributed by atoms with Gasteiger partial charge in [0.25, 0.3) is 0 Å². The van der Waals surface area contributed by atoms with Crippen LogP contribution in [0.3, 0.4) is 0 Å². The molecule has 1 aromatic rings. The minimum atomic E-state index is -7.90. The van der Waals surface area contributed by atoms with Gasteiger partial charge in [0.15, 0.2) is 0 Å². The predicted octanol–water partition coefficient (Wildman–Crippen LogP) is 5.49. The summed E-state index contributed by atoms with van der Waals surface area (Å²) in [5.74, 6) is -37.0. The Morgan fingerprint density at radius 1 is 0.655 bits per heavy atom. The lowest BCUT2D eigenvalue weighted by Gasteiger charge is -2.39. The zero-order chi connectivity index (χ0) is 22.8. The van der Waals surface area contributed by atoms with Crippen molar-refractivity contribution in [1.29, 1.82) is 0 Å². The van der Waals surface area contributed by atoms with E-state index >= 15 is 0 Å². The molecule has 0 spiro atoms. The second-order valence-electron chi connectivity index (χ2n) is 6.47. The van der Waals surface area contributed by atoms with Gasteiger partial charge in [0.2, 0.25) is 0 Å². The van der Waals surface area contributed by atoms with Crippen LogP contribution in [0, 0.1) is 0 Å². The molecule has 15 heteroatoms. The first kappa shape index (κ1) is 23.6. The molecule has 2 nitrogen and oxygen atoms in total. The van der Waals surface area contributed by atoms with Crippen molar-refractivity contribution in [3.63, 3.8) is 0 Å². The number of aryl methyl sites for hydroxylation is 2. The largest absolute Gasteiger partial charge is 0.460 e. The topological polar surface area (TPSA) is 17.8 Å². The molecule has 0 N–H and O–H groups in total. The first-order valence-electron chi connectivity index (χ1n) is 7.76. The van der Waals surface area contributed by atoms with E-state index in [4.69, 9.17) is 0 Å². The van der Waals surface area contributed by atoms with Crippen molar-refractivity contribution in [2.75, 3.05) is 0 Å². The van der Waals surface area contributed by atoms with Crippen LogP contribution in [0.25, 0.3) is 0 Å². The third-order valence-electron chi connectivity index (χ3n) is 4.55. The zero-order valence-corrected chi connectivity index (χ0v) is 14.1. The molecule has 1 heterocycles. The van der Waals surface area contributed by atoms with Crippen LogP contribution in [0.5, 0.6) is 0 Å². The second kappa shape index (κ2) is 6.40. The Kier molecular flexibility index (Phi) is 5.20. The van der Waals surface area contributed by atoms with Gasteiger partial charge in [0.1, 0.15) is 5.69 Å². The van der Waals surface area contributed by atoms with Gasteiger partial charge in [-0.25, -0.2) is 0 Å². The summed E-state index contributed by atoms with van der Waals surface area (Å²) in [6.45, 7) is 0. The van der Waals surface area contributed by atoms with Gasteiger partial charge in [0, 0.05) is 12.6 Å². The van der Waals surface area contributed by atoms with E-state index < -0.39 is 47.0 Å². The fraction of sp³-hybridized carbons (Fsp3) is 0.786. The molecule has 0 saturated heterocycles. The Hall–Kier alpha value is -1.70. The highest BCUT2D eigenvalue weighted by Crippen LogP contribution is 2.62. The van der Waals surface area contributed by atoms with Gasteiger partial charge in [0.05, 0.1) is 5.69 Å². The summed E-state index contributed by atoms with van der Waals surface area (Å²) in [7, 11) is 0.595. The predicted molar refractivity (Wildman–Crippen MR) is 69.6 cm³/mol. The van der Waals surface area contributed by atoms with Crippen molar-refractivity contribution in [1.82, 2.24) is 9.78 Å². The average Bonchev–Trinajstić information content (AvgIpc) is 2.89. The summed E-state index contributed by atoms with van der Waals surface area (Å²) in [5.41, 5.74) is -2.85. The highest BCUT2D eigenvalue weighted by Gasteiger charge is 2.91. The van der Waals surface area contributed by atoms with Gasteiger partial charge >= 0.3 is 35.8 Å². The van der Waals surface area contributed by atoms with E-state index in [9.17, 15) is 57.1 Å². The van der Waals surface area contributed by atoms with E-state index in [0.717, 1.165) is 0 Å². The molecule has 0 atom stereocenters. The fourth-order valence-electron chi connectivity index (χ4n) is 2.99.